The van der Waals surface area contributed by atoms with Gasteiger partial charge >= 0.3 is 0 Å². The van der Waals surface area contributed by atoms with Gasteiger partial charge in [0.25, 0.3) is 5.91 Å². The summed E-state index contributed by atoms with van der Waals surface area (Å²) in [6.07, 6.45) is 6.82. The molecule has 4 nitrogen and oxygen atoms in total. The summed E-state index contributed by atoms with van der Waals surface area (Å²) in [5, 5.41) is 0. The van der Waals surface area contributed by atoms with Gasteiger partial charge in [-0.2, -0.15) is 0 Å². The number of rotatable bonds is 4. The van der Waals surface area contributed by atoms with E-state index in [4.69, 9.17) is 4.99 Å². The summed E-state index contributed by atoms with van der Waals surface area (Å²) < 4.78 is 0. The minimum absolute atomic E-state index is 0.0785. The quantitative estimate of drug-likeness (QED) is 0.747. The summed E-state index contributed by atoms with van der Waals surface area (Å²) in [5.74, 6) is 0.890. The molecule has 0 radical (unpaired) electrons. The third-order valence-electron chi connectivity index (χ3n) is 6.44. The number of anilines is 1. The third-order valence-corrected chi connectivity index (χ3v) is 6.44. The largest absolute Gasteiger partial charge is 0.342 e. The van der Waals surface area contributed by atoms with Crippen LogP contribution in [-0.4, -0.2) is 35.9 Å². The van der Waals surface area contributed by atoms with Crippen LogP contribution in [0, 0.1) is 13.8 Å². The number of hydrogen-bond acceptors (Lipinski definition) is 3. The van der Waals surface area contributed by atoms with E-state index < -0.39 is 0 Å². The molecule has 4 heteroatoms. The lowest BCUT2D eigenvalue weighted by atomic mass is 9.94. The Labute approximate surface area is 174 Å². The van der Waals surface area contributed by atoms with Gasteiger partial charge in [0.1, 0.15) is 6.04 Å². The molecule has 4 rings (SSSR count). The Morgan fingerprint density at radius 2 is 1.72 bits per heavy atom. The van der Waals surface area contributed by atoms with Crippen LogP contribution < -0.4 is 4.90 Å². The average molecular weight is 390 g/mol. The highest BCUT2D eigenvalue weighted by molar-refractivity contribution is 6.22. The molecule has 1 unspecified atom stereocenters. The summed E-state index contributed by atoms with van der Waals surface area (Å²) in [5.41, 5.74) is 4.51. The van der Waals surface area contributed by atoms with E-state index in [9.17, 15) is 4.79 Å². The molecule has 0 N–H and O–H groups in total. The lowest BCUT2D eigenvalue weighted by molar-refractivity contribution is -0.118. The van der Waals surface area contributed by atoms with Crippen LogP contribution in [0.4, 0.5) is 5.69 Å². The fraction of sp³-hybridized carbons (Fsp3) is 0.440. The molecule has 1 amide bonds. The van der Waals surface area contributed by atoms with E-state index in [0.717, 1.165) is 17.2 Å². The predicted octanol–water partition coefficient (Wildman–Crippen LogP) is 4.88. The number of nitrogens with zero attached hydrogens (tertiary/aromatic N) is 3. The molecule has 1 saturated carbocycles. The maximum Gasteiger partial charge on any atom is 0.259 e. The standard InChI is InChI=1S/C25H31N3O/c1-18-14-15-22(16-19(18)2)28-24(29)23(17-20-10-6-4-7-11-20)26-25(28)27(3)21-12-8-5-9-13-21/h4,6-7,10-11,14-16,21,23H,5,8-9,12-13,17H2,1-3H3. The SMILES string of the molecule is Cc1ccc(N2C(=O)C(Cc3ccccc3)N=C2N(C)C2CCCCC2)cc1C. The van der Waals surface area contributed by atoms with Crippen LogP contribution in [0.15, 0.2) is 53.5 Å². The van der Waals surface area contributed by atoms with Gasteiger partial charge in [-0.25, -0.2) is 9.89 Å². The van der Waals surface area contributed by atoms with E-state index in [-0.39, 0.29) is 11.9 Å². The van der Waals surface area contributed by atoms with Gasteiger partial charge < -0.3 is 4.90 Å². The summed E-state index contributed by atoms with van der Waals surface area (Å²) in [4.78, 5) is 22.6. The van der Waals surface area contributed by atoms with Crippen molar-refractivity contribution in [3.63, 3.8) is 0 Å². The van der Waals surface area contributed by atoms with Gasteiger partial charge in [0.2, 0.25) is 5.96 Å². The van der Waals surface area contributed by atoms with Crippen molar-refractivity contribution in [1.82, 2.24) is 4.90 Å². The van der Waals surface area contributed by atoms with Crippen LogP contribution in [0.2, 0.25) is 0 Å². The van der Waals surface area contributed by atoms with Crippen molar-refractivity contribution in [1.29, 1.82) is 0 Å². The first-order chi connectivity index (χ1) is 14.0. The molecule has 1 atom stereocenters. The van der Waals surface area contributed by atoms with E-state index in [2.05, 4.69) is 56.1 Å². The molecule has 1 aliphatic carbocycles. The monoisotopic (exact) mass is 389 g/mol. The molecule has 152 valence electrons. The highest BCUT2D eigenvalue weighted by atomic mass is 16.2. The Morgan fingerprint density at radius 1 is 1.00 bits per heavy atom. The van der Waals surface area contributed by atoms with Gasteiger partial charge in [0.15, 0.2) is 0 Å². The molecule has 0 spiro atoms. The van der Waals surface area contributed by atoms with Crippen molar-refractivity contribution in [2.45, 2.75) is 64.5 Å². The maximum absolute atomic E-state index is 13.5. The van der Waals surface area contributed by atoms with Crippen LogP contribution in [0.3, 0.4) is 0 Å². The third kappa shape index (κ3) is 4.07. The molecule has 1 aliphatic heterocycles. The Hall–Kier alpha value is -2.62. The lowest BCUT2D eigenvalue weighted by Gasteiger charge is -2.35. The van der Waals surface area contributed by atoms with Gasteiger partial charge in [0.05, 0.1) is 5.69 Å². The fourth-order valence-corrected chi connectivity index (χ4v) is 4.46. The topological polar surface area (TPSA) is 35.9 Å². The second-order valence-corrected chi connectivity index (χ2v) is 8.48. The first kappa shape index (κ1) is 19.7. The Bertz CT molecular complexity index is 900. The van der Waals surface area contributed by atoms with Crippen molar-refractivity contribution in [3.05, 3.63) is 65.2 Å². The van der Waals surface area contributed by atoms with Gasteiger partial charge in [-0.3, -0.25) is 4.79 Å². The zero-order valence-corrected chi connectivity index (χ0v) is 17.8. The van der Waals surface area contributed by atoms with E-state index >= 15 is 0 Å². The van der Waals surface area contributed by atoms with Crippen LogP contribution in [-0.2, 0) is 11.2 Å². The van der Waals surface area contributed by atoms with Crippen molar-refractivity contribution in [2.24, 2.45) is 4.99 Å². The molecular weight excluding hydrogens is 358 g/mol. The Balaban J connectivity index is 1.67. The molecule has 2 aromatic rings. The number of aliphatic imine (C=N–C) groups is 1. The van der Waals surface area contributed by atoms with Crippen LogP contribution >= 0.6 is 0 Å². The molecule has 2 aliphatic rings. The molecule has 2 aromatic carbocycles. The molecule has 0 saturated heterocycles. The Kier molecular flexibility index (Phi) is 5.70. The second-order valence-electron chi connectivity index (χ2n) is 8.48. The molecule has 1 fully saturated rings. The summed E-state index contributed by atoms with van der Waals surface area (Å²) >= 11 is 0. The highest BCUT2D eigenvalue weighted by Crippen LogP contribution is 2.29. The van der Waals surface area contributed by atoms with Gasteiger partial charge in [0, 0.05) is 19.5 Å². The van der Waals surface area contributed by atoms with Crippen LogP contribution in [0.25, 0.3) is 0 Å². The zero-order chi connectivity index (χ0) is 20.4. The molecule has 29 heavy (non-hydrogen) atoms. The molecule has 0 aromatic heterocycles. The second kappa shape index (κ2) is 8.40. The summed E-state index contributed by atoms with van der Waals surface area (Å²) in [6, 6.07) is 16.6. The maximum atomic E-state index is 13.5. The number of hydrogen-bond donors (Lipinski definition) is 0. The highest BCUT2D eigenvalue weighted by Gasteiger charge is 2.39. The van der Waals surface area contributed by atoms with E-state index in [1.54, 1.807) is 0 Å². The van der Waals surface area contributed by atoms with E-state index in [1.807, 2.05) is 23.1 Å². The number of aryl methyl sites for hydroxylation is 2. The van der Waals surface area contributed by atoms with Crippen molar-refractivity contribution < 1.29 is 4.79 Å². The predicted molar refractivity (Wildman–Crippen MR) is 119 cm³/mol. The number of guanidine groups is 1. The number of benzene rings is 2. The minimum atomic E-state index is -0.361. The first-order valence-corrected chi connectivity index (χ1v) is 10.8. The van der Waals surface area contributed by atoms with Crippen molar-refractivity contribution >= 4 is 17.6 Å². The van der Waals surface area contributed by atoms with Crippen molar-refractivity contribution in [3.8, 4) is 0 Å². The van der Waals surface area contributed by atoms with Crippen molar-refractivity contribution in [2.75, 3.05) is 11.9 Å². The first-order valence-electron chi connectivity index (χ1n) is 10.8. The van der Waals surface area contributed by atoms with Gasteiger partial charge in [-0.05, 0) is 55.5 Å². The van der Waals surface area contributed by atoms with Crippen LogP contribution in [0.1, 0.15) is 48.8 Å². The zero-order valence-electron chi connectivity index (χ0n) is 17.8. The normalized spacial score (nSPS) is 20.1. The summed E-state index contributed by atoms with van der Waals surface area (Å²) in [7, 11) is 2.11. The average Bonchev–Trinajstić information content (AvgIpc) is 3.07. The number of carbonyl (C=O) groups excluding carboxylic acids is 1. The summed E-state index contributed by atoms with van der Waals surface area (Å²) in [6.45, 7) is 4.20. The van der Waals surface area contributed by atoms with Gasteiger partial charge in [-0.15, -0.1) is 0 Å². The Morgan fingerprint density at radius 3 is 2.41 bits per heavy atom. The molecule has 1 heterocycles. The minimum Gasteiger partial charge on any atom is -0.342 e. The molecular formula is C25H31N3O. The van der Waals surface area contributed by atoms with E-state index in [0.29, 0.717) is 12.5 Å². The number of carbonyl (C=O) groups is 1. The number of amides is 1. The lowest BCUT2D eigenvalue weighted by Crippen LogP contribution is -2.48. The fourth-order valence-electron chi connectivity index (χ4n) is 4.46. The van der Waals surface area contributed by atoms with Gasteiger partial charge in [-0.1, -0.05) is 55.7 Å². The molecule has 0 bridgehead atoms. The van der Waals surface area contributed by atoms with Crippen LogP contribution in [0.5, 0.6) is 0 Å². The van der Waals surface area contributed by atoms with E-state index in [1.165, 1.54) is 43.2 Å². The smallest absolute Gasteiger partial charge is 0.259 e.